The molecule has 0 atom stereocenters. The van der Waals surface area contributed by atoms with E-state index in [-0.39, 0.29) is 0 Å². The highest BCUT2D eigenvalue weighted by atomic mass is 16.7. The molecule has 1 aromatic heterocycles. The SMILES string of the molecule is Cc1cc(C)c(CC2(CCn3ccnc3)OCCCO2)c(C)c1. The van der Waals surface area contributed by atoms with E-state index in [1.807, 2.05) is 18.7 Å². The molecule has 23 heavy (non-hydrogen) atoms. The largest absolute Gasteiger partial charge is 0.349 e. The van der Waals surface area contributed by atoms with Crippen molar-refractivity contribution in [3.05, 3.63) is 53.1 Å². The minimum absolute atomic E-state index is 0.521. The molecular weight excluding hydrogens is 288 g/mol. The number of benzene rings is 1. The fourth-order valence-electron chi connectivity index (χ4n) is 3.43. The van der Waals surface area contributed by atoms with Crippen LogP contribution in [0, 0.1) is 20.8 Å². The Morgan fingerprint density at radius 3 is 2.43 bits per heavy atom. The summed E-state index contributed by atoms with van der Waals surface area (Å²) in [6, 6.07) is 4.49. The maximum absolute atomic E-state index is 6.15. The molecule has 2 aromatic rings. The Morgan fingerprint density at radius 1 is 1.13 bits per heavy atom. The topological polar surface area (TPSA) is 36.3 Å². The van der Waals surface area contributed by atoms with Crippen LogP contribution in [0.3, 0.4) is 0 Å². The normalized spacial score (nSPS) is 17.3. The summed E-state index contributed by atoms with van der Waals surface area (Å²) in [5, 5.41) is 0. The molecule has 0 saturated carbocycles. The van der Waals surface area contributed by atoms with Gasteiger partial charge < -0.3 is 14.0 Å². The lowest BCUT2D eigenvalue weighted by Crippen LogP contribution is -2.43. The highest BCUT2D eigenvalue weighted by Gasteiger charge is 2.35. The third kappa shape index (κ3) is 3.82. The Hall–Kier alpha value is -1.65. The van der Waals surface area contributed by atoms with E-state index in [0.717, 1.165) is 39.0 Å². The van der Waals surface area contributed by atoms with E-state index in [0.29, 0.717) is 0 Å². The predicted octanol–water partition coefficient (Wildman–Crippen LogP) is 3.57. The van der Waals surface area contributed by atoms with Crippen LogP contribution in [0.2, 0.25) is 0 Å². The number of aryl methyl sites for hydroxylation is 4. The summed E-state index contributed by atoms with van der Waals surface area (Å²) in [5.74, 6) is -0.521. The van der Waals surface area contributed by atoms with Gasteiger partial charge >= 0.3 is 0 Å². The minimum atomic E-state index is -0.521. The van der Waals surface area contributed by atoms with Crippen molar-refractivity contribution in [3.8, 4) is 0 Å². The molecule has 1 saturated heterocycles. The van der Waals surface area contributed by atoms with E-state index in [4.69, 9.17) is 9.47 Å². The standard InChI is InChI=1S/C19H26N2O2/c1-15-11-16(2)18(17(3)12-15)13-19(22-9-4-10-23-19)5-7-21-8-6-20-14-21/h6,8,11-12,14H,4-5,7,9-10,13H2,1-3H3. The summed E-state index contributed by atoms with van der Waals surface area (Å²) >= 11 is 0. The van der Waals surface area contributed by atoms with Crippen LogP contribution >= 0.6 is 0 Å². The van der Waals surface area contributed by atoms with E-state index >= 15 is 0 Å². The molecule has 0 amide bonds. The third-order valence-electron chi connectivity index (χ3n) is 4.62. The number of hydrogen-bond donors (Lipinski definition) is 0. The summed E-state index contributed by atoms with van der Waals surface area (Å²) in [5.41, 5.74) is 5.30. The number of aromatic nitrogens is 2. The Balaban J connectivity index is 1.81. The summed E-state index contributed by atoms with van der Waals surface area (Å²) in [6.45, 7) is 8.90. The fourth-order valence-corrected chi connectivity index (χ4v) is 3.43. The van der Waals surface area contributed by atoms with E-state index < -0.39 is 5.79 Å². The lowest BCUT2D eigenvalue weighted by Gasteiger charge is -2.38. The van der Waals surface area contributed by atoms with Gasteiger partial charge in [0.05, 0.1) is 19.5 Å². The van der Waals surface area contributed by atoms with Crippen molar-refractivity contribution in [2.75, 3.05) is 13.2 Å². The lowest BCUT2D eigenvalue weighted by molar-refractivity contribution is -0.270. The summed E-state index contributed by atoms with van der Waals surface area (Å²) < 4.78 is 14.4. The second-order valence-corrected chi connectivity index (χ2v) is 6.57. The van der Waals surface area contributed by atoms with Gasteiger partial charge in [0.2, 0.25) is 0 Å². The van der Waals surface area contributed by atoms with Gasteiger partial charge in [-0.2, -0.15) is 0 Å². The van der Waals surface area contributed by atoms with Crippen molar-refractivity contribution in [2.45, 2.75) is 52.4 Å². The summed E-state index contributed by atoms with van der Waals surface area (Å²) in [6.07, 6.45) is 8.25. The van der Waals surface area contributed by atoms with Gasteiger partial charge in [-0.15, -0.1) is 0 Å². The molecule has 1 fully saturated rings. The van der Waals surface area contributed by atoms with Gasteiger partial charge in [0.1, 0.15) is 0 Å². The van der Waals surface area contributed by atoms with Crippen molar-refractivity contribution in [1.82, 2.24) is 9.55 Å². The van der Waals surface area contributed by atoms with Crippen molar-refractivity contribution in [1.29, 1.82) is 0 Å². The first kappa shape index (κ1) is 16.2. The Kier molecular flexibility index (Phi) is 4.83. The average Bonchev–Trinajstić information content (AvgIpc) is 3.04. The Bertz CT molecular complexity index is 620. The molecule has 1 aliphatic rings. The molecule has 1 aliphatic heterocycles. The molecule has 0 aliphatic carbocycles. The van der Waals surface area contributed by atoms with E-state index in [1.54, 1.807) is 0 Å². The van der Waals surface area contributed by atoms with Crippen molar-refractivity contribution in [3.63, 3.8) is 0 Å². The zero-order chi connectivity index (χ0) is 16.3. The number of rotatable bonds is 5. The Labute approximate surface area is 138 Å². The molecule has 124 valence electrons. The van der Waals surface area contributed by atoms with Gasteiger partial charge in [0.25, 0.3) is 0 Å². The maximum Gasteiger partial charge on any atom is 0.173 e. The van der Waals surface area contributed by atoms with Crippen LogP contribution in [-0.4, -0.2) is 28.6 Å². The molecule has 0 bridgehead atoms. The molecule has 0 radical (unpaired) electrons. The minimum Gasteiger partial charge on any atom is -0.349 e. The summed E-state index contributed by atoms with van der Waals surface area (Å²) in [4.78, 5) is 4.11. The molecule has 0 spiro atoms. The quantitative estimate of drug-likeness (QED) is 0.846. The molecule has 4 nitrogen and oxygen atoms in total. The number of imidazole rings is 1. The van der Waals surface area contributed by atoms with E-state index in [1.165, 1.54) is 22.3 Å². The second kappa shape index (κ2) is 6.85. The average molecular weight is 314 g/mol. The third-order valence-corrected chi connectivity index (χ3v) is 4.62. The molecule has 0 unspecified atom stereocenters. The van der Waals surface area contributed by atoms with Crippen LogP contribution in [0.15, 0.2) is 30.9 Å². The second-order valence-electron chi connectivity index (χ2n) is 6.57. The van der Waals surface area contributed by atoms with Crippen molar-refractivity contribution < 1.29 is 9.47 Å². The van der Waals surface area contributed by atoms with Crippen molar-refractivity contribution in [2.24, 2.45) is 0 Å². The van der Waals surface area contributed by atoms with Gasteiger partial charge in [-0.25, -0.2) is 4.98 Å². The van der Waals surface area contributed by atoms with Crippen molar-refractivity contribution >= 4 is 0 Å². The number of nitrogens with zero attached hydrogens (tertiary/aromatic N) is 2. The zero-order valence-electron chi connectivity index (χ0n) is 14.3. The first-order valence-electron chi connectivity index (χ1n) is 8.38. The first-order valence-corrected chi connectivity index (χ1v) is 8.38. The monoisotopic (exact) mass is 314 g/mol. The molecule has 3 rings (SSSR count). The summed E-state index contributed by atoms with van der Waals surface area (Å²) in [7, 11) is 0. The van der Waals surface area contributed by atoms with Crippen LogP contribution in [0.4, 0.5) is 0 Å². The van der Waals surface area contributed by atoms with Gasteiger partial charge in [-0.3, -0.25) is 0 Å². The van der Waals surface area contributed by atoms with Gasteiger partial charge in [-0.1, -0.05) is 17.7 Å². The van der Waals surface area contributed by atoms with E-state index in [9.17, 15) is 0 Å². The van der Waals surface area contributed by atoms with Gasteiger partial charge in [-0.05, 0) is 43.9 Å². The molecule has 1 aromatic carbocycles. The van der Waals surface area contributed by atoms with E-state index in [2.05, 4.69) is 42.5 Å². The Morgan fingerprint density at radius 2 is 1.83 bits per heavy atom. The zero-order valence-corrected chi connectivity index (χ0v) is 14.3. The van der Waals surface area contributed by atoms with Crippen LogP contribution in [0.1, 0.15) is 35.1 Å². The van der Waals surface area contributed by atoms with Gasteiger partial charge in [0.15, 0.2) is 5.79 Å². The highest BCUT2D eigenvalue weighted by molar-refractivity contribution is 5.38. The highest BCUT2D eigenvalue weighted by Crippen LogP contribution is 2.31. The first-order chi connectivity index (χ1) is 11.1. The molecule has 0 N–H and O–H groups in total. The van der Waals surface area contributed by atoms with Gasteiger partial charge in [0, 0.05) is 31.8 Å². The number of hydrogen-bond acceptors (Lipinski definition) is 3. The lowest BCUT2D eigenvalue weighted by atomic mass is 9.92. The van der Waals surface area contributed by atoms with Crippen LogP contribution < -0.4 is 0 Å². The molecule has 4 heteroatoms. The fraction of sp³-hybridized carbons (Fsp3) is 0.526. The smallest absolute Gasteiger partial charge is 0.173 e. The van der Waals surface area contributed by atoms with Crippen LogP contribution in [0.5, 0.6) is 0 Å². The maximum atomic E-state index is 6.15. The molecular formula is C19H26N2O2. The number of ether oxygens (including phenoxy) is 2. The van der Waals surface area contributed by atoms with Crippen LogP contribution in [-0.2, 0) is 22.4 Å². The molecule has 2 heterocycles. The van der Waals surface area contributed by atoms with Crippen LogP contribution in [0.25, 0.3) is 0 Å². The predicted molar refractivity (Wildman–Crippen MR) is 90.5 cm³/mol.